The van der Waals surface area contributed by atoms with Crippen molar-refractivity contribution in [2.24, 2.45) is 23.5 Å². The summed E-state index contributed by atoms with van der Waals surface area (Å²) in [5.74, 6) is 2.12. The Morgan fingerprint density at radius 3 is 2.58 bits per heavy atom. The minimum absolute atomic E-state index is 0.173. The Kier molecular flexibility index (Phi) is 4.21. The van der Waals surface area contributed by atoms with E-state index in [-0.39, 0.29) is 17.6 Å². The SMILES string of the molecule is CC(C)[C@H]1C[C@@H](CN2CC(C)(C)OC[C@H]2C(N)=O)C1. The average Bonchev–Trinajstić information content (AvgIpc) is 2.20. The van der Waals surface area contributed by atoms with Crippen LogP contribution in [0.25, 0.3) is 0 Å². The highest BCUT2D eigenvalue weighted by Crippen LogP contribution is 2.39. The van der Waals surface area contributed by atoms with Crippen molar-refractivity contribution in [3.05, 3.63) is 0 Å². The molecule has 0 radical (unpaired) electrons. The molecule has 1 atom stereocenters. The molecule has 2 fully saturated rings. The second-order valence-electron chi connectivity index (χ2n) is 7.26. The summed E-state index contributed by atoms with van der Waals surface area (Å²) in [7, 11) is 0. The van der Waals surface area contributed by atoms with E-state index in [1.165, 1.54) is 12.8 Å². The van der Waals surface area contributed by atoms with Gasteiger partial charge in [0, 0.05) is 13.1 Å². The van der Waals surface area contributed by atoms with E-state index in [1.807, 2.05) is 0 Å². The molecule has 19 heavy (non-hydrogen) atoms. The lowest BCUT2D eigenvalue weighted by Gasteiger charge is -2.47. The highest BCUT2D eigenvalue weighted by atomic mass is 16.5. The Morgan fingerprint density at radius 2 is 2.05 bits per heavy atom. The maximum absolute atomic E-state index is 11.5. The minimum Gasteiger partial charge on any atom is -0.372 e. The number of morpholine rings is 1. The summed E-state index contributed by atoms with van der Waals surface area (Å²) in [6.07, 6.45) is 2.59. The zero-order chi connectivity index (χ0) is 14.2. The van der Waals surface area contributed by atoms with E-state index in [4.69, 9.17) is 10.5 Å². The van der Waals surface area contributed by atoms with Gasteiger partial charge in [0.1, 0.15) is 6.04 Å². The molecule has 0 bridgehead atoms. The third-order valence-corrected chi connectivity index (χ3v) is 4.69. The molecule has 1 aliphatic heterocycles. The molecule has 2 N–H and O–H groups in total. The van der Waals surface area contributed by atoms with Crippen molar-refractivity contribution in [2.75, 3.05) is 19.7 Å². The molecule has 0 aromatic rings. The van der Waals surface area contributed by atoms with Gasteiger partial charge < -0.3 is 10.5 Å². The first kappa shape index (κ1) is 14.8. The Morgan fingerprint density at radius 1 is 1.42 bits per heavy atom. The molecule has 4 heteroatoms. The van der Waals surface area contributed by atoms with Gasteiger partial charge in [0.2, 0.25) is 5.91 Å². The smallest absolute Gasteiger partial charge is 0.237 e. The lowest BCUT2D eigenvalue weighted by molar-refractivity contribution is -0.147. The molecule has 0 aromatic carbocycles. The van der Waals surface area contributed by atoms with Gasteiger partial charge in [0.25, 0.3) is 0 Å². The highest BCUT2D eigenvalue weighted by molar-refractivity contribution is 5.80. The van der Waals surface area contributed by atoms with Crippen molar-refractivity contribution < 1.29 is 9.53 Å². The molecule has 4 nitrogen and oxygen atoms in total. The summed E-state index contributed by atoms with van der Waals surface area (Å²) in [6.45, 7) is 11.0. The predicted molar refractivity (Wildman–Crippen MR) is 75.6 cm³/mol. The van der Waals surface area contributed by atoms with Gasteiger partial charge in [-0.1, -0.05) is 13.8 Å². The maximum atomic E-state index is 11.5. The van der Waals surface area contributed by atoms with Crippen LogP contribution >= 0.6 is 0 Å². The molecule has 0 spiro atoms. The predicted octanol–water partition coefficient (Wildman–Crippen LogP) is 1.63. The molecule has 0 aromatic heterocycles. The van der Waals surface area contributed by atoms with E-state index >= 15 is 0 Å². The van der Waals surface area contributed by atoms with Crippen LogP contribution in [0, 0.1) is 17.8 Å². The van der Waals surface area contributed by atoms with Crippen LogP contribution in [0.1, 0.15) is 40.5 Å². The third kappa shape index (κ3) is 3.48. The molecular weight excluding hydrogens is 240 g/mol. The maximum Gasteiger partial charge on any atom is 0.237 e. The van der Waals surface area contributed by atoms with Crippen molar-refractivity contribution in [2.45, 2.75) is 52.2 Å². The Hall–Kier alpha value is -0.610. The molecule has 1 heterocycles. The lowest BCUT2D eigenvalue weighted by Crippen LogP contribution is -2.60. The molecule has 1 aliphatic carbocycles. The fraction of sp³-hybridized carbons (Fsp3) is 0.933. The Labute approximate surface area is 116 Å². The van der Waals surface area contributed by atoms with Gasteiger partial charge in [-0.25, -0.2) is 0 Å². The molecule has 1 saturated heterocycles. The van der Waals surface area contributed by atoms with E-state index in [0.717, 1.165) is 30.8 Å². The number of amides is 1. The van der Waals surface area contributed by atoms with Gasteiger partial charge >= 0.3 is 0 Å². The third-order valence-electron chi connectivity index (χ3n) is 4.69. The summed E-state index contributed by atoms with van der Waals surface area (Å²) < 4.78 is 5.72. The molecule has 2 rings (SSSR count). The van der Waals surface area contributed by atoms with Gasteiger partial charge in [-0.3, -0.25) is 9.69 Å². The number of ether oxygens (including phenoxy) is 1. The van der Waals surface area contributed by atoms with Crippen LogP contribution in [-0.2, 0) is 9.53 Å². The van der Waals surface area contributed by atoms with Crippen LogP contribution in [0.5, 0.6) is 0 Å². The first-order valence-electron chi connectivity index (χ1n) is 7.46. The fourth-order valence-corrected chi connectivity index (χ4v) is 3.32. The first-order chi connectivity index (χ1) is 8.78. The van der Waals surface area contributed by atoms with E-state index in [0.29, 0.717) is 6.61 Å². The second-order valence-corrected chi connectivity index (χ2v) is 7.26. The van der Waals surface area contributed by atoms with E-state index < -0.39 is 0 Å². The molecule has 1 amide bonds. The highest BCUT2D eigenvalue weighted by Gasteiger charge is 2.40. The quantitative estimate of drug-likeness (QED) is 0.843. The number of hydrogen-bond acceptors (Lipinski definition) is 3. The molecule has 0 unspecified atom stereocenters. The number of carbonyl (C=O) groups excluding carboxylic acids is 1. The van der Waals surface area contributed by atoms with Crippen LogP contribution in [0.3, 0.4) is 0 Å². The van der Waals surface area contributed by atoms with Gasteiger partial charge in [0.15, 0.2) is 0 Å². The summed E-state index contributed by atoms with van der Waals surface area (Å²) in [4.78, 5) is 13.8. The molecular formula is C15H28N2O2. The van der Waals surface area contributed by atoms with Gasteiger partial charge in [-0.2, -0.15) is 0 Å². The summed E-state index contributed by atoms with van der Waals surface area (Å²) in [5, 5.41) is 0. The topological polar surface area (TPSA) is 55.6 Å². The Balaban J connectivity index is 1.90. The number of nitrogens with two attached hydrogens (primary N) is 1. The van der Waals surface area contributed by atoms with E-state index in [9.17, 15) is 4.79 Å². The van der Waals surface area contributed by atoms with E-state index in [1.54, 1.807) is 0 Å². The zero-order valence-corrected chi connectivity index (χ0v) is 12.7. The minimum atomic E-state index is -0.254. The van der Waals surface area contributed by atoms with Crippen molar-refractivity contribution in [3.63, 3.8) is 0 Å². The summed E-state index contributed by atoms with van der Waals surface area (Å²) >= 11 is 0. The summed E-state index contributed by atoms with van der Waals surface area (Å²) in [5.41, 5.74) is 5.32. The molecule has 2 aliphatic rings. The Bertz CT molecular complexity index is 335. The van der Waals surface area contributed by atoms with Crippen molar-refractivity contribution in [1.82, 2.24) is 4.90 Å². The van der Waals surface area contributed by atoms with Crippen molar-refractivity contribution >= 4 is 5.91 Å². The largest absolute Gasteiger partial charge is 0.372 e. The van der Waals surface area contributed by atoms with Crippen LogP contribution in [0.4, 0.5) is 0 Å². The number of rotatable bonds is 4. The van der Waals surface area contributed by atoms with Crippen LogP contribution in [0.2, 0.25) is 0 Å². The van der Waals surface area contributed by atoms with Crippen LogP contribution in [-0.4, -0.2) is 42.1 Å². The monoisotopic (exact) mass is 268 g/mol. The lowest BCUT2D eigenvalue weighted by atomic mass is 9.69. The van der Waals surface area contributed by atoms with Crippen molar-refractivity contribution in [3.8, 4) is 0 Å². The summed E-state index contributed by atoms with van der Waals surface area (Å²) in [6, 6.07) is -0.244. The second kappa shape index (κ2) is 5.41. The fourth-order valence-electron chi connectivity index (χ4n) is 3.32. The number of primary amides is 1. The zero-order valence-electron chi connectivity index (χ0n) is 12.7. The normalized spacial score (nSPS) is 35.1. The number of carbonyl (C=O) groups is 1. The van der Waals surface area contributed by atoms with Crippen LogP contribution < -0.4 is 5.73 Å². The van der Waals surface area contributed by atoms with E-state index in [2.05, 4.69) is 32.6 Å². The van der Waals surface area contributed by atoms with Crippen molar-refractivity contribution in [1.29, 1.82) is 0 Å². The molecule has 1 saturated carbocycles. The first-order valence-corrected chi connectivity index (χ1v) is 7.46. The van der Waals surface area contributed by atoms with Crippen LogP contribution in [0.15, 0.2) is 0 Å². The van der Waals surface area contributed by atoms with Gasteiger partial charge in [-0.15, -0.1) is 0 Å². The molecule has 110 valence electrons. The van der Waals surface area contributed by atoms with Gasteiger partial charge in [0.05, 0.1) is 12.2 Å². The average molecular weight is 268 g/mol. The standard InChI is InChI=1S/C15H28N2O2/c1-10(2)12-5-11(6-12)7-17-9-15(3,4)19-8-13(17)14(16)18/h10-13H,5-9H2,1-4H3,(H2,16,18)/t11-,12+,13-/m0/s1. The van der Waals surface area contributed by atoms with Gasteiger partial charge in [-0.05, 0) is 44.4 Å². The number of hydrogen-bond donors (Lipinski definition) is 1. The number of nitrogens with zero attached hydrogens (tertiary/aromatic N) is 1.